The topological polar surface area (TPSA) is 45.7 Å². The summed E-state index contributed by atoms with van der Waals surface area (Å²) in [4.78, 5) is 10.0. The van der Waals surface area contributed by atoms with Gasteiger partial charge in [-0.05, 0) is 101 Å². The molecule has 0 N–H and O–H groups in total. The minimum absolute atomic E-state index is 0.178. The zero-order chi connectivity index (χ0) is 42.1. The van der Waals surface area contributed by atoms with Crippen LogP contribution in [0.15, 0.2) is 221 Å². The summed E-state index contributed by atoms with van der Waals surface area (Å²) in [5, 5.41) is 2.10. The van der Waals surface area contributed by atoms with E-state index in [4.69, 9.17) is 13.8 Å². The van der Waals surface area contributed by atoms with Crippen LogP contribution in [0.5, 0.6) is 0 Å². The van der Waals surface area contributed by atoms with Gasteiger partial charge in [-0.3, -0.25) is 0 Å². The van der Waals surface area contributed by atoms with Crippen LogP contribution in [-0.4, -0.2) is 4.98 Å². The Kier molecular flexibility index (Phi) is 8.44. The summed E-state index contributed by atoms with van der Waals surface area (Å²) in [5.41, 5.74) is 17.1. The second-order valence-electron chi connectivity index (χ2n) is 16.8. The molecule has 0 fully saturated rings. The number of aromatic nitrogens is 1. The third-order valence-electron chi connectivity index (χ3n) is 12.7. The van der Waals surface area contributed by atoms with Gasteiger partial charge in [0.05, 0.1) is 17.1 Å². The predicted molar refractivity (Wildman–Crippen MR) is 259 cm³/mol. The van der Waals surface area contributed by atoms with Crippen LogP contribution in [0.3, 0.4) is 0 Å². The number of nitrogens with zero attached hydrogens (tertiary/aromatic N) is 3. The van der Waals surface area contributed by atoms with Gasteiger partial charge in [0.25, 0.3) is 0 Å². The molecule has 1 aliphatic carbocycles. The molecule has 0 radical (unpaired) electrons. The molecule has 1 aliphatic rings. The summed E-state index contributed by atoms with van der Waals surface area (Å²) >= 11 is 0. The largest absolute Gasteiger partial charge is 0.456 e. The van der Waals surface area contributed by atoms with Crippen molar-refractivity contribution in [3.05, 3.63) is 223 Å². The molecule has 0 amide bonds. The van der Waals surface area contributed by atoms with Gasteiger partial charge >= 0.3 is 0 Å². The fraction of sp³-hybridized carbons (Fsp3) is 0.0517. The lowest BCUT2D eigenvalue weighted by molar-refractivity contribution is 0.620. The second kappa shape index (κ2) is 14.5. The Hall–Kier alpha value is -8.15. The first-order valence-corrected chi connectivity index (χ1v) is 21.5. The highest BCUT2D eigenvalue weighted by atomic mass is 16.3. The highest BCUT2D eigenvalue weighted by Gasteiger charge is 2.36. The second-order valence-corrected chi connectivity index (χ2v) is 16.8. The SMILES string of the molecule is CC1(C)c2ccccc2-c2ccc(N(c3ccccc3)c3cc(N(c4ccc5oc6ccccc6c5c4)c4ccccc4-c4ccccc4)c4nc(-c5ccccc5)oc4c3)cc21. The number of fused-ring (bicyclic) bond motifs is 7. The average Bonchev–Trinajstić information content (AvgIpc) is 4.01. The van der Waals surface area contributed by atoms with Crippen LogP contribution in [0.2, 0.25) is 0 Å². The summed E-state index contributed by atoms with van der Waals surface area (Å²) in [5.74, 6) is 0.555. The van der Waals surface area contributed by atoms with Gasteiger partial charge in [-0.25, -0.2) is 4.98 Å². The van der Waals surface area contributed by atoms with Crippen LogP contribution < -0.4 is 9.80 Å². The Balaban J connectivity index is 1.15. The Bertz CT molecular complexity index is 3500. The van der Waals surface area contributed by atoms with Crippen LogP contribution in [0.25, 0.3) is 66.7 Å². The molecule has 0 bridgehead atoms. The van der Waals surface area contributed by atoms with E-state index < -0.39 is 0 Å². The third-order valence-corrected chi connectivity index (χ3v) is 12.7. The van der Waals surface area contributed by atoms with E-state index in [1.165, 1.54) is 22.3 Å². The van der Waals surface area contributed by atoms with E-state index in [9.17, 15) is 0 Å². The van der Waals surface area contributed by atoms with Gasteiger partial charge in [-0.15, -0.1) is 0 Å². The summed E-state index contributed by atoms with van der Waals surface area (Å²) in [6.45, 7) is 4.67. The van der Waals surface area contributed by atoms with Gasteiger partial charge in [0.1, 0.15) is 16.7 Å². The van der Waals surface area contributed by atoms with Crippen LogP contribution in [0.1, 0.15) is 25.0 Å². The lowest BCUT2D eigenvalue weighted by atomic mass is 9.82. The monoisotopic (exact) mass is 811 g/mol. The van der Waals surface area contributed by atoms with Crippen LogP contribution >= 0.6 is 0 Å². The highest BCUT2D eigenvalue weighted by molar-refractivity contribution is 6.08. The molecule has 300 valence electrons. The molecule has 0 atom stereocenters. The van der Waals surface area contributed by atoms with E-state index in [0.717, 1.165) is 78.3 Å². The van der Waals surface area contributed by atoms with Crippen molar-refractivity contribution in [2.45, 2.75) is 19.3 Å². The number of hydrogen-bond donors (Lipinski definition) is 0. The lowest BCUT2D eigenvalue weighted by Crippen LogP contribution is -2.17. The molecule has 0 saturated carbocycles. The lowest BCUT2D eigenvalue weighted by Gasteiger charge is -2.31. The van der Waals surface area contributed by atoms with E-state index in [1.807, 2.05) is 42.5 Å². The Morgan fingerprint density at radius 1 is 0.381 bits per heavy atom. The number of oxazole rings is 1. The Morgan fingerprint density at radius 2 is 1.00 bits per heavy atom. The number of hydrogen-bond acceptors (Lipinski definition) is 5. The Labute approximate surface area is 365 Å². The first-order chi connectivity index (χ1) is 31.0. The molecule has 0 spiro atoms. The number of benzene rings is 9. The summed E-state index contributed by atoms with van der Waals surface area (Å²) < 4.78 is 13.3. The zero-order valence-corrected chi connectivity index (χ0v) is 34.9. The van der Waals surface area contributed by atoms with Gasteiger partial charge in [-0.2, -0.15) is 0 Å². The number of rotatable bonds is 8. The van der Waals surface area contributed by atoms with Crippen molar-refractivity contribution in [1.29, 1.82) is 0 Å². The molecule has 5 nitrogen and oxygen atoms in total. The molecule has 12 rings (SSSR count). The molecule has 0 unspecified atom stereocenters. The number of para-hydroxylation sites is 3. The van der Waals surface area contributed by atoms with E-state index in [-0.39, 0.29) is 5.41 Å². The smallest absolute Gasteiger partial charge is 0.227 e. The molecule has 0 aliphatic heterocycles. The maximum atomic E-state index is 6.88. The van der Waals surface area contributed by atoms with Crippen molar-refractivity contribution in [1.82, 2.24) is 4.98 Å². The van der Waals surface area contributed by atoms with Gasteiger partial charge in [0.2, 0.25) is 5.89 Å². The van der Waals surface area contributed by atoms with E-state index in [0.29, 0.717) is 11.5 Å². The summed E-state index contributed by atoms with van der Waals surface area (Å²) in [6.07, 6.45) is 0. The van der Waals surface area contributed by atoms with E-state index in [2.05, 4.69) is 194 Å². The van der Waals surface area contributed by atoms with Gasteiger partial charge in [-0.1, -0.05) is 147 Å². The normalized spacial score (nSPS) is 12.7. The van der Waals surface area contributed by atoms with Crippen molar-refractivity contribution in [2.75, 3.05) is 9.80 Å². The van der Waals surface area contributed by atoms with Crippen molar-refractivity contribution >= 4 is 67.2 Å². The fourth-order valence-corrected chi connectivity index (χ4v) is 9.65. The zero-order valence-electron chi connectivity index (χ0n) is 34.9. The standard InChI is InChI=1S/C58H41N3O2/c1-58(2)49-27-15-12-25-45(49)46-32-30-42(35-50(46)58)60(40-22-10-5-11-23-40)43-36-52(56-55(37-43)63-57(59-56)39-20-8-4-9-21-39)61(51-28-16-13-24-44(51)38-18-6-3-7-19-38)41-31-33-54-48(34-41)47-26-14-17-29-53(47)62-54/h3-37H,1-2H3. The first-order valence-electron chi connectivity index (χ1n) is 21.5. The maximum Gasteiger partial charge on any atom is 0.227 e. The van der Waals surface area contributed by atoms with Crippen molar-refractivity contribution in [3.8, 4) is 33.7 Å². The molecular formula is C58H41N3O2. The Morgan fingerprint density at radius 3 is 1.81 bits per heavy atom. The molecule has 63 heavy (non-hydrogen) atoms. The molecule has 9 aromatic carbocycles. The summed E-state index contributed by atoms with van der Waals surface area (Å²) in [7, 11) is 0. The average molecular weight is 812 g/mol. The molecule has 2 aromatic heterocycles. The van der Waals surface area contributed by atoms with Crippen molar-refractivity contribution < 1.29 is 8.83 Å². The number of anilines is 6. The maximum absolute atomic E-state index is 6.88. The van der Waals surface area contributed by atoms with Crippen LogP contribution in [0, 0.1) is 0 Å². The number of furan rings is 1. The van der Waals surface area contributed by atoms with Crippen molar-refractivity contribution in [2.24, 2.45) is 0 Å². The van der Waals surface area contributed by atoms with Crippen LogP contribution in [-0.2, 0) is 5.41 Å². The molecule has 0 saturated heterocycles. The van der Waals surface area contributed by atoms with Gasteiger partial charge in [0, 0.05) is 50.4 Å². The quantitative estimate of drug-likeness (QED) is 0.153. The predicted octanol–water partition coefficient (Wildman–Crippen LogP) is 16.3. The molecule has 5 heteroatoms. The minimum atomic E-state index is -0.178. The van der Waals surface area contributed by atoms with Gasteiger partial charge in [0.15, 0.2) is 5.58 Å². The molecular weight excluding hydrogens is 771 g/mol. The third kappa shape index (κ3) is 6.04. The fourth-order valence-electron chi connectivity index (χ4n) is 9.65. The summed E-state index contributed by atoms with van der Waals surface area (Å²) in [6, 6.07) is 74.9. The van der Waals surface area contributed by atoms with E-state index in [1.54, 1.807) is 0 Å². The molecule has 2 heterocycles. The first kappa shape index (κ1) is 36.7. The minimum Gasteiger partial charge on any atom is -0.456 e. The molecule has 11 aromatic rings. The highest BCUT2D eigenvalue weighted by Crippen LogP contribution is 2.52. The van der Waals surface area contributed by atoms with Gasteiger partial charge < -0.3 is 18.6 Å². The van der Waals surface area contributed by atoms with Crippen LogP contribution in [0.4, 0.5) is 34.1 Å². The van der Waals surface area contributed by atoms with Crippen molar-refractivity contribution in [3.63, 3.8) is 0 Å². The van der Waals surface area contributed by atoms with E-state index >= 15 is 0 Å².